The molecule has 0 aliphatic carbocycles. The molecular formula is C14H14Sr. The second-order valence-corrected chi connectivity index (χ2v) is 2.97. The van der Waals surface area contributed by atoms with E-state index < -0.39 is 0 Å². The van der Waals surface area contributed by atoms with Gasteiger partial charge in [0, 0.05) is 0 Å². The fraction of sp³-hybridized carbons (Fsp3) is 0. The van der Waals surface area contributed by atoms with Crippen molar-refractivity contribution >= 4 is 45.5 Å². The first-order chi connectivity index (χ1) is 6.79. The minimum absolute atomic E-state index is 0. The molecule has 1 heteroatoms. The quantitative estimate of drug-likeness (QED) is 0.508. The van der Waals surface area contributed by atoms with Gasteiger partial charge >= 0.3 is 45.5 Å². The molecule has 72 valence electrons. The zero-order valence-electron chi connectivity index (χ0n) is 8.89. The summed E-state index contributed by atoms with van der Waals surface area (Å²) in [6, 6.07) is 19.7. The predicted octanol–water partition coefficient (Wildman–Crippen LogP) is 3.36. The SMILES string of the molecule is [CH2-]c1ccccc1.[CH2-]c1ccccc1.[Sr+2]. The zero-order valence-corrected chi connectivity index (χ0v) is 12.4. The van der Waals surface area contributed by atoms with Crippen molar-refractivity contribution in [1.82, 2.24) is 0 Å². The molecule has 0 saturated carbocycles. The number of rotatable bonds is 0. The topological polar surface area (TPSA) is 0 Å². The van der Waals surface area contributed by atoms with Gasteiger partial charge in [-0.1, -0.05) is 12.1 Å². The van der Waals surface area contributed by atoms with E-state index in [9.17, 15) is 0 Å². The van der Waals surface area contributed by atoms with E-state index in [-0.39, 0.29) is 45.5 Å². The Morgan fingerprint density at radius 2 is 0.800 bits per heavy atom. The third-order valence-electron chi connectivity index (χ3n) is 1.69. The van der Waals surface area contributed by atoms with Crippen molar-refractivity contribution in [3.05, 3.63) is 85.6 Å². The third kappa shape index (κ3) is 7.57. The van der Waals surface area contributed by atoms with Crippen LogP contribution in [0.4, 0.5) is 0 Å². The predicted molar refractivity (Wildman–Crippen MR) is 67.6 cm³/mol. The van der Waals surface area contributed by atoms with Crippen LogP contribution in [0.5, 0.6) is 0 Å². The molecule has 2 aromatic rings. The van der Waals surface area contributed by atoms with E-state index in [4.69, 9.17) is 0 Å². The number of benzene rings is 2. The summed E-state index contributed by atoms with van der Waals surface area (Å²) < 4.78 is 0. The van der Waals surface area contributed by atoms with Crippen molar-refractivity contribution in [3.63, 3.8) is 0 Å². The minimum Gasteiger partial charge on any atom is -0.199 e. The molecule has 0 nitrogen and oxygen atoms in total. The van der Waals surface area contributed by atoms with E-state index in [1.54, 1.807) is 0 Å². The average Bonchev–Trinajstić information content (AvgIpc) is 2.21. The summed E-state index contributed by atoms with van der Waals surface area (Å²) >= 11 is 0. The van der Waals surface area contributed by atoms with Crippen LogP contribution >= 0.6 is 0 Å². The summed E-state index contributed by atoms with van der Waals surface area (Å²) in [5.41, 5.74) is 2.14. The minimum atomic E-state index is 0. The summed E-state index contributed by atoms with van der Waals surface area (Å²) in [4.78, 5) is 0. The van der Waals surface area contributed by atoms with Gasteiger partial charge in [-0.15, -0.1) is 24.3 Å². The summed E-state index contributed by atoms with van der Waals surface area (Å²) in [6.07, 6.45) is 0. The fourth-order valence-electron chi connectivity index (χ4n) is 0.956. The van der Waals surface area contributed by atoms with E-state index in [1.807, 2.05) is 60.7 Å². The molecule has 0 bridgehead atoms. The molecule has 0 unspecified atom stereocenters. The van der Waals surface area contributed by atoms with Crippen LogP contribution < -0.4 is 0 Å². The van der Waals surface area contributed by atoms with Crippen LogP contribution in [0, 0.1) is 13.8 Å². The largest absolute Gasteiger partial charge is 2.00 e. The van der Waals surface area contributed by atoms with Gasteiger partial charge in [-0.2, -0.15) is 49.2 Å². The van der Waals surface area contributed by atoms with Crippen molar-refractivity contribution in [2.75, 3.05) is 0 Å². The first-order valence-corrected chi connectivity index (χ1v) is 4.53. The maximum absolute atomic E-state index is 3.72. The van der Waals surface area contributed by atoms with Crippen LogP contribution in [0.3, 0.4) is 0 Å². The van der Waals surface area contributed by atoms with Crippen LogP contribution in [0.15, 0.2) is 60.7 Å². The molecule has 0 spiro atoms. The molecule has 0 aromatic heterocycles. The zero-order chi connectivity index (χ0) is 10.2. The molecule has 0 heterocycles. The molecular weight excluding hydrogens is 256 g/mol. The second kappa shape index (κ2) is 8.93. The van der Waals surface area contributed by atoms with Crippen LogP contribution in [0.1, 0.15) is 11.1 Å². The van der Waals surface area contributed by atoms with Crippen molar-refractivity contribution in [2.45, 2.75) is 0 Å². The molecule has 0 atom stereocenters. The van der Waals surface area contributed by atoms with Crippen molar-refractivity contribution in [1.29, 1.82) is 0 Å². The molecule has 2 rings (SSSR count). The van der Waals surface area contributed by atoms with E-state index in [0.29, 0.717) is 0 Å². The first kappa shape index (κ1) is 14.7. The molecule has 0 radical (unpaired) electrons. The van der Waals surface area contributed by atoms with Gasteiger partial charge in [0.15, 0.2) is 0 Å². The van der Waals surface area contributed by atoms with Gasteiger partial charge < -0.3 is 0 Å². The standard InChI is InChI=1S/2C7H7.Sr/c2*1-7-5-3-2-4-6-7;/h2*2-6H,1H2;/q2*-1;+2. The molecule has 15 heavy (non-hydrogen) atoms. The van der Waals surface area contributed by atoms with E-state index in [0.717, 1.165) is 11.1 Å². The van der Waals surface area contributed by atoms with Crippen LogP contribution in [-0.2, 0) is 0 Å². The molecule has 0 saturated heterocycles. The number of hydrogen-bond acceptors (Lipinski definition) is 0. The average molecular weight is 270 g/mol. The Labute approximate surface area is 130 Å². The maximum Gasteiger partial charge on any atom is 2.00 e. The summed E-state index contributed by atoms with van der Waals surface area (Å²) in [5, 5.41) is 0. The van der Waals surface area contributed by atoms with Gasteiger partial charge in [0.2, 0.25) is 0 Å². The Bertz CT molecular complexity index is 303. The Morgan fingerprint density at radius 3 is 0.933 bits per heavy atom. The van der Waals surface area contributed by atoms with E-state index in [2.05, 4.69) is 13.8 Å². The fourth-order valence-corrected chi connectivity index (χ4v) is 0.956. The van der Waals surface area contributed by atoms with Crippen molar-refractivity contribution in [2.24, 2.45) is 0 Å². The summed E-state index contributed by atoms with van der Waals surface area (Å²) in [7, 11) is 0. The molecule has 2 aromatic carbocycles. The normalized spacial score (nSPS) is 8.00. The maximum atomic E-state index is 3.72. The first-order valence-electron chi connectivity index (χ1n) is 4.53. The Balaban J connectivity index is 0.000000245. The smallest absolute Gasteiger partial charge is 0.199 e. The number of hydrogen-bond donors (Lipinski definition) is 0. The molecule has 0 aliphatic rings. The second-order valence-electron chi connectivity index (χ2n) is 2.97. The Hall–Kier alpha value is -0.339. The Morgan fingerprint density at radius 1 is 0.533 bits per heavy atom. The van der Waals surface area contributed by atoms with Crippen LogP contribution in [0.25, 0.3) is 0 Å². The van der Waals surface area contributed by atoms with Gasteiger partial charge in [0.1, 0.15) is 0 Å². The van der Waals surface area contributed by atoms with Gasteiger partial charge in [0.05, 0.1) is 0 Å². The molecule has 0 aliphatic heterocycles. The van der Waals surface area contributed by atoms with Gasteiger partial charge in [-0.05, 0) is 0 Å². The van der Waals surface area contributed by atoms with Crippen LogP contribution in [0.2, 0.25) is 0 Å². The summed E-state index contributed by atoms with van der Waals surface area (Å²) in [6.45, 7) is 7.44. The molecule has 0 fully saturated rings. The van der Waals surface area contributed by atoms with Crippen molar-refractivity contribution in [3.8, 4) is 0 Å². The third-order valence-corrected chi connectivity index (χ3v) is 1.69. The monoisotopic (exact) mass is 270 g/mol. The van der Waals surface area contributed by atoms with Crippen LogP contribution in [-0.4, -0.2) is 45.5 Å². The molecule has 0 N–H and O–H groups in total. The van der Waals surface area contributed by atoms with E-state index in [1.165, 1.54) is 0 Å². The van der Waals surface area contributed by atoms with Gasteiger partial charge in [-0.3, -0.25) is 0 Å². The Kier molecular flexibility index (Phi) is 8.73. The van der Waals surface area contributed by atoms with Crippen molar-refractivity contribution < 1.29 is 0 Å². The van der Waals surface area contributed by atoms with Gasteiger partial charge in [0.25, 0.3) is 0 Å². The van der Waals surface area contributed by atoms with Gasteiger partial charge in [-0.25, -0.2) is 0 Å². The van der Waals surface area contributed by atoms with E-state index >= 15 is 0 Å². The molecule has 0 amide bonds. The summed E-state index contributed by atoms with van der Waals surface area (Å²) in [5.74, 6) is 0.